The second-order valence-corrected chi connectivity index (χ2v) is 7.07. The molecule has 1 aromatic heterocycles. The number of hydrogen-bond donors (Lipinski definition) is 2. The van der Waals surface area contributed by atoms with Gasteiger partial charge >= 0.3 is 5.97 Å². The third-order valence-electron chi connectivity index (χ3n) is 2.71. The summed E-state index contributed by atoms with van der Waals surface area (Å²) in [6.45, 7) is 1.85. The molecule has 24 heavy (non-hydrogen) atoms. The summed E-state index contributed by atoms with van der Waals surface area (Å²) in [7, 11) is -3.74. The summed E-state index contributed by atoms with van der Waals surface area (Å²) in [5.41, 5.74) is 0.373. The maximum Gasteiger partial charge on any atom is 0.315 e. The van der Waals surface area contributed by atoms with Gasteiger partial charge in [0.05, 0.1) is 11.5 Å². The molecule has 0 aliphatic carbocycles. The van der Waals surface area contributed by atoms with Gasteiger partial charge in [0.1, 0.15) is 6.42 Å². The molecule has 8 nitrogen and oxygen atoms in total. The van der Waals surface area contributed by atoms with E-state index in [4.69, 9.17) is 0 Å². The van der Waals surface area contributed by atoms with Crippen LogP contribution in [0, 0.1) is 0 Å². The van der Waals surface area contributed by atoms with E-state index in [2.05, 4.69) is 19.8 Å². The Kier molecular flexibility index (Phi) is 5.88. The normalized spacial score (nSPS) is 10.9. The van der Waals surface area contributed by atoms with Crippen molar-refractivity contribution in [2.75, 3.05) is 16.6 Å². The number of aromatic nitrogens is 1. The van der Waals surface area contributed by atoms with Crippen molar-refractivity contribution in [1.82, 2.24) is 4.98 Å². The molecule has 0 bridgehead atoms. The van der Waals surface area contributed by atoms with Crippen molar-refractivity contribution >= 4 is 44.1 Å². The lowest BCUT2D eigenvalue weighted by molar-refractivity contribution is -0.145. The number of sulfonamides is 1. The minimum absolute atomic E-state index is 0.0288. The van der Waals surface area contributed by atoms with Crippen molar-refractivity contribution in [1.29, 1.82) is 0 Å². The first-order chi connectivity index (χ1) is 11.4. The van der Waals surface area contributed by atoms with Crippen LogP contribution in [0.3, 0.4) is 0 Å². The first kappa shape index (κ1) is 17.9. The van der Waals surface area contributed by atoms with Crippen LogP contribution in [-0.2, 0) is 24.3 Å². The lowest BCUT2D eigenvalue weighted by atomic mass is 10.3. The van der Waals surface area contributed by atoms with Crippen LogP contribution in [0.4, 0.5) is 10.8 Å². The van der Waals surface area contributed by atoms with Crippen LogP contribution in [-0.4, -0.2) is 31.9 Å². The molecule has 0 atom stereocenters. The second-order valence-electron chi connectivity index (χ2n) is 4.50. The Labute approximate surface area is 142 Å². The number of hydrogen-bond acceptors (Lipinski definition) is 7. The number of benzene rings is 1. The van der Waals surface area contributed by atoms with Crippen molar-refractivity contribution in [3.8, 4) is 0 Å². The second kappa shape index (κ2) is 7.88. The number of nitrogens with zero attached hydrogens (tertiary/aromatic N) is 1. The highest BCUT2D eigenvalue weighted by atomic mass is 32.2. The van der Waals surface area contributed by atoms with E-state index in [0.717, 1.165) is 11.3 Å². The zero-order valence-corrected chi connectivity index (χ0v) is 14.3. The number of esters is 1. The van der Waals surface area contributed by atoms with E-state index in [1.165, 1.54) is 30.5 Å². The lowest BCUT2D eigenvalue weighted by Gasteiger charge is -2.08. The third kappa shape index (κ3) is 5.03. The van der Waals surface area contributed by atoms with Crippen LogP contribution in [0.25, 0.3) is 0 Å². The zero-order chi connectivity index (χ0) is 17.6. The summed E-state index contributed by atoms with van der Waals surface area (Å²) < 4.78 is 31.3. The van der Waals surface area contributed by atoms with E-state index in [-0.39, 0.29) is 16.6 Å². The number of rotatable bonds is 7. The molecule has 2 rings (SSSR count). The number of carbonyl (C=O) groups is 2. The molecule has 0 aliphatic heterocycles. The van der Waals surface area contributed by atoms with Gasteiger partial charge in [-0.25, -0.2) is 13.4 Å². The van der Waals surface area contributed by atoms with Gasteiger partial charge in [0.2, 0.25) is 5.91 Å². The monoisotopic (exact) mass is 369 g/mol. The Hall–Kier alpha value is -2.46. The van der Waals surface area contributed by atoms with Gasteiger partial charge in [0.15, 0.2) is 5.13 Å². The Morgan fingerprint density at radius 2 is 1.96 bits per heavy atom. The van der Waals surface area contributed by atoms with Crippen LogP contribution in [0.5, 0.6) is 0 Å². The van der Waals surface area contributed by atoms with Crippen molar-refractivity contribution in [2.24, 2.45) is 0 Å². The Bertz CT molecular complexity index is 801. The topological polar surface area (TPSA) is 114 Å². The maximum absolute atomic E-state index is 12.2. The fourth-order valence-electron chi connectivity index (χ4n) is 1.71. The van der Waals surface area contributed by atoms with Crippen LogP contribution in [0.1, 0.15) is 13.3 Å². The van der Waals surface area contributed by atoms with Crippen molar-refractivity contribution in [2.45, 2.75) is 18.2 Å². The predicted octanol–water partition coefficient (Wildman–Crippen LogP) is 1.84. The first-order valence-electron chi connectivity index (χ1n) is 6.88. The molecule has 0 fully saturated rings. The van der Waals surface area contributed by atoms with E-state index >= 15 is 0 Å². The summed E-state index contributed by atoms with van der Waals surface area (Å²) in [6.07, 6.45) is 1.09. The molecule has 0 saturated carbocycles. The largest absolute Gasteiger partial charge is 0.466 e. The highest BCUT2D eigenvalue weighted by Crippen LogP contribution is 2.19. The maximum atomic E-state index is 12.2. The quantitative estimate of drug-likeness (QED) is 0.568. The highest BCUT2D eigenvalue weighted by molar-refractivity contribution is 7.93. The van der Waals surface area contributed by atoms with E-state index in [0.29, 0.717) is 5.69 Å². The zero-order valence-electron chi connectivity index (χ0n) is 12.7. The molecule has 10 heteroatoms. The summed E-state index contributed by atoms with van der Waals surface area (Å²) >= 11 is 1.16. The van der Waals surface area contributed by atoms with Gasteiger partial charge in [-0.1, -0.05) is 0 Å². The molecule has 0 radical (unpaired) electrons. The molecular formula is C14H15N3O5S2. The Balaban J connectivity index is 2.00. The third-order valence-corrected chi connectivity index (χ3v) is 4.89. The van der Waals surface area contributed by atoms with Crippen LogP contribution < -0.4 is 10.0 Å². The minimum atomic E-state index is -3.74. The van der Waals surface area contributed by atoms with Gasteiger partial charge in [0.25, 0.3) is 10.0 Å². The van der Waals surface area contributed by atoms with E-state index < -0.39 is 28.3 Å². The average molecular weight is 369 g/mol. The minimum Gasteiger partial charge on any atom is -0.466 e. The van der Waals surface area contributed by atoms with Gasteiger partial charge in [0, 0.05) is 17.3 Å². The lowest BCUT2D eigenvalue weighted by Crippen LogP contribution is -2.18. The molecule has 1 aromatic carbocycles. The molecule has 0 unspecified atom stereocenters. The summed E-state index contributed by atoms with van der Waals surface area (Å²) in [4.78, 5) is 26.7. The number of thiazole rings is 1. The summed E-state index contributed by atoms with van der Waals surface area (Å²) in [6, 6.07) is 5.55. The number of carbonyl (C=O) groups excluding carboxylic acids is 2. The number of anilines is 2. The smallest absolute Gasteiger partial charge is 0.315 e. The SMILES string of the molecule is CCOC(=O)CC(=O)Nc1ccc(S(=O)(=O)Nc2nccs2)cc1. The first-order valence-corrected chi connectivity index (χ1v) is 9.25. The molecule has 1 amide bonds. The van der Waals surface area contributed by atoms with Crippen molar-refractivity contribution in [3.05, 3.63) is 35.8 Å². The summed E-state index contributed by atoms with van der Waals surface area (Å²) in [5.74, 6) is -1.16. The van der Waals surface area contributed by atoms with Crippen LogP contribution in [0.2, 0.25) is 0 Å². The fourth-order valence-corrected chi connectivity index (χ4v) is 3.50. The molecule has 2 N–H and O–H groups in total. The molecule has 0 saturated heterocycles. The van der Waals surface area contributed by atoms with Crippen molar-refractivity contribution in [3.63, 3.8) is 0 Å². The molecule has 1 heterocycles. The van der Waals surface area contributed by atoms with Gasteiger partial charge in [-0.15, -0.1) is 11.3 Å². The van der Waals surface area contributed by atoms with Crippen LogP contribution >= 0.6 is 11.3 Å². The Morgan fingerprint density at radius 1 is 1.25 bits per heavy atom. The Morgan fingerprint density at radius 3 is 2.54 bits per heavy atom. The van der Waals surface area contributed by atoms with Gasteiger partial charge in [-0.3, -0.25) is 14.3 Å². The molecule has 128 valence electrons. The fraction of sp³-hybridized carbons (Fsp3) is 0.214. The van der Waals surface area contributed by atoms with Gasteiger partial charge < -0.3 is 10.1 Å². The van der Waals surface area contributed by atoms with Gasteiger partial charge in [-0.2, -0.15) is 0 Å². The van der Waals surface area contributed by atoms with Crippen molar-refractivity contribution < 1.29 is 22.7 Å². The standard InChI is InChI=1S/C14H15N3O5S2/c1-2-22-13(19)9-12(18)16-10-3-5-11(6-4-10)24(20,21)17-14-15-7-8-23-14/h3-8H,2,9H2,1H3,(H,15,17)(H,16,18). The van der Waals surface area contributed by atoms with Gasteiger partial charge in [-0.05, 0) is 31.2 Å². The van der Waals surface area contributed by atoms with E-state index in [1.54, 1.807) is 12.3 Å². The average Bonchev–Trinajstić information content (AvgIpc) is 3.00. The molecular weight excluding hydrogens is 354 g/mol. The number of nitrogens with one attached hydrogen (secondary N) is 2. The number of ether oxygens (including phenoxy) is 1. The highest BCUT2D eigenvalue weighted by Gasteiger charge is 2.16. The molecule has 2 aromatic rings. The van der Waals surface area contributed by atoms with E-state index in [1.807, 2.05) is 0 Å². The molecule has 0 aliphatic rings. The molecule has 0 spiro atoms. The van der Waals surface area contributed by atoms with Crippen LogP contribution in [0.15, 0.2) is 40.7 Å². The number of amides is 1. The van der Waals surface area contributed by atoms with E-state index in [9.17, 15) is 18.0 Å². The predicted molar refractivity (Wildman–Crippen MR) is 89.2 cm³/mol. The summed E-state index contributed by atoms with van der Waals surface area (Å²) in [5, 5.41) is 4.41.